The van der Waals surface area contributed by atoms with Gasteiger partial charge >= 0.3 is 0 Å². The molecular weight excluding hydrogens is 296 g/mol. The summed E-state index contributed by atoms with van der Waals surface area (Å²) in [5, 5.41) is 3.49. The maximum atomic E-state index is 14.1. The molecule has 2 nitrogen and oxygen atoms in total. The predicted molar refractivity (Wildman–Crippen MR) is 77.9 cm³/mol. The van der Waals surface area contributed by atoms with Gasteiger partial charge in [-0.1, -0.05) is 17.7 Å². The van der Waals surface area contributed by atoms with Crippen molar-refractivity contribution in [3.8, 4) is 5.75 Å². The van der Waals surface area contributed by atoms with Gasteiger partial charge in [0.15, 0.2) is 0 Å². The summed E-state index contributed by atoms with van der Waals surface area (Å²) in [6, 6.07) is 6.70. The number of hydrogen-bond acceptors (Lipinski definition) is 2. The van der Waals surface area contributed by atoms with Crippen molar-refractivity contribution in [3.05, 3.63) is 63.7 Å². The molecule has 3 rings (SSSR count). The largest absolute Gasteiger partial charge is 0.493 e. The summed E-state index contributed by atoms with van der Waals surface area (Å²) in [5.41, 5.74) is 1.59. The Bertz CT molecular complexity index is 670. The maximum absolute atomic E-state index is 14.1. The minimum absolute atomic E-state index is 0.0278. The van der Waals surface area contributed by atoms with Crippen LogP contribution in [0.4, 0.5) is 8.78 Å². The number of rotatable bonds is 3. The van der Waals surface area contributed by atoms with E-state index in [1.165, 1.54) is 18.2 Å². The van der Waals surface area contributed by atoms with Gasteiger partial charge in [0.05, 0.1) is 12.6 Å². The van der Waals surface area contributed by atoms with Crippen molar-refractivity contribution in [1.82, 2.24) is 5.32 Å². The Morgan fingerprint density at radius 2 is 1.95 bits per heavy atom. The molecule has 1 atom stereocenters. The van der Waals surface area contributed by atoms with Crippen LogP contribution in [0.5, 0.6) is 5.75 Å². The molecule has 0 saturated carbocycles. The number of ether oxygens (including phenoxy) is 1. The fourth-order valence-electron chi connectivity index (χ4n) is 2.75. The molecule has 0 spiro atoms. The van der Waals surface area contributed by atoms with Crippen LogP contribution in [-0.2, 0) is 6.42 Å². The van der Waals surface area contributed by atoms with Gasteiger partial charge < -0.3 is 10.1 Å². The molecule has 1 unspecified atom stereocenters. The van der Waals surface area contributed by atoms with Crippen LogP contribution in [0, 0.1) is 11.6 Å². The van der Waals surface area contributed by atoms with E-state index in [-0.39, 0.29) is 5.56 Å². The topological polar surface area (TPSA) is 21.3 Å². The molecule has 5 heteroatoms. The van der Waals surface area contributed by atoms with Gasteiger partial charge in [-0.15, -0.1) is 0 Å². The Balaban J connectivity index is 2.18. The van der Waals surface area contributed by atoms with Gasteiger partial charge in [0.25, 0.3) is 0 Å². The summed E-state index contributed by atoms with van der Waals surface area (Å²) in [4.78, 5) is 0. The first-order valence-corrected chi connectivity index (χ1v) is 7.06. The van der Waals surface area contributed by atoms with Crippen LogP contribution in [0.15, 0.2) is 30.3 Å². The van der Waals surface area contributed by atoms with Gasteiger partial charge in [0.2, 0.25) is 0 Å². The van der Waals surface area contributed by atoms with Crippen molar-refractivity contribution in [2.75, 3.05) is 13.7 Å². The van der Waals surface area contributed by atoms with Gasteiger partial charge in [0.1, 0.15) is 17.4 Å². The number of benzene rings is 2. The molecule has 1 aliphatic heterocycles. The van der Waals surface area contributed by atoms with E-state index in [0.29, 0.717) is 22.9 Å². The predicted octanol–water partition coefficient (Wildman–Crippen LogP) is 3.86. The monoisotopic (exact) mass is 309 g/mol. The van der Waals surface area contributed by atoms with Crippen LogP contribution in [0.3, 0.4) is 0 Å². The fourth-order valence-corrected chi connectivity index (χ4v) is 3.00. The van der Waals surface area contributed by atoms with E-state index in [9.17, 15) is 8.78 Å². The normalized spacial score (nSPS) is 14.7. The average Bonchev–Trinajstić information content (AvgIpc) is 2.90. The van der Waals surface area contributed by atoms with Gasteiger partial charge in [0, 0.05) is 22.6 Å². The highest BCUT2D eigenvalue weighted by Gasteiger charge is 2.27. The minimum atomic E-state index is -0.656. The third-order valence-electron chi connectivity index (χ3n) is 3.67. The first-order chi connectivity index (χ1) is 10.1. The Kier molecular flexibility index (Phi) is 3.83. The molecule has 1 heterocycles. The molecule has 0 aliphatic carbocycles. The molecule has 0 radical (unpaired) electrons. The number of hydrogen-bond donors (Lipinski definition) is 1. The fraction of sp³-hybridized carbons (Fsp3) is 0.250. The summed E-state index contributed by atoms with van der Waals surface area (Å²) >= 11 is 6.13. The molecule has 1 N–H and O–H groups in total. The van der Waals surface area contributed by atoms with Crippen molar-refractivity contribution in [1.29, 1.82) is 0 Å². The van der Waals surface area contributed by atoms with Crippen LogP contribution >= 0.6 is 11.6 Å². The van der Waals surface area contributed by atoms with E-state index in [0.717, 1.165) is 12.0 Å². The third kappa shape index (κ3) is 2.49. The van der Waals surface area contributed by atoms with E-state index in [1.807, 2.05) is 6.07 Å². The zero-order chi connectivity index (χ0) is 15.0. The van der Waals surface area contributed by atoms with Crippen LogP contribution in [-0.4, -0.2) is 13.7 Å². The second-order valence-corrected chi connectivity index (χ2v) is 5.38. The lowest BCUT2D eigenvalue weighted by molar-refractivity contribution is 0.350. The molecule has 0 saturated heterocycles. The Labute approximate surface area is 126 Å². The summed E-state index contributed by atoms with van der Waals surface area (Å²) in [6.45, 7) is 0.554. The molecule has 110 valence electrons. The van der Waals surface area contributed by atoms with Crippen LogP contribution in [0.2, 0.25) is 5.02 Å². The second kappa shape index (κ2) is 5.62. The molecule has 0 fully saturated rings. The highest BCUT2D eigenvalue weighted by molar-refractivity contribution is 6.30. The van der Waals surface area contributed by atoms with E-state index in [4.69, 9.17) is 16.3 Å². The number of nitrogens with one attached hydrogen (secondary N) is 1. The van der Waals surface area contributed by atoms with E-state index >= 15 is 0 Å². The highest BCUT2D eigenvalue weighted by Crippen LogP contribution is 2.39. The van der Waals surface area contributed by atoms with Crippen LogP contribution in [0.25, 0.3) is 0 Å². The average molecular weight is 310 g/mol. The number of halogens is 3. The van der Waals surface area contributed by atoms with Gasteiger partial charge in [-0.25, -0.2) is 8.78 Å². The molecule has 1 aliphatic rings. The summed E-state index contributed by atoms with van der Waals surface area (Å²) < 4.78 is 33.8. The lowest BCUT2D eigenvalue weighted by Gasteiger charge is -2.21. The Morgan fingerprint density at radius 1 is 1.24 bits per heavy atom. The van der Waals surface area contributed by atoms with Crippen molar-refractivity contribution in [2.24, 2.45) is 0 Å². The standard InChI is InChI=1S/C16H14ClF2NO/c1-20-15(14-12(18)3-2-4-13(14)19)11-8-10(17)7-9-5-6-21-16(9)11/h2-4,7-8,15,20H,5-6H2,1H3. The summed E-state index contributed by atoms with van der Waals surface area (Å²) in [6.07, 6.45) is 0.749. The Hall–Kier alpha value is -1.65. The van der Waals surface area contributed by atoms with Crippen molar-refractivity contribution in [2.45, 2.75) is 12.5 Å². The lowest BCUT2D eigenvalue weighted by Crippen LogP contribution is -2.21. The maximum Gasteiger partial charge on any atom is 0.131 e. The highest BCUT2D eigenvalue weighted by atomic mass is 35.5. The van der Waals surface area contributed by atoms with Gasteiger partial charge in [-0.2, -0.15) is 0 Å². The summed E-state index contributed by atoms with van der Waals surface area (Å²) in [7, 11) is 1.65. The van der Waals surface area contributed by atoms with Gasteiger partial charge in [-0.05, 0) is 36.9 Å². The summed E-state index contributed by atoms with van der Waals surface area (Å²) in [5.74, 6) is -0.524. The van der Waals surface area contributed by atoms with Crippen molar-refractivity contribution >= 4 is 11.6 Å². The molecule has 2 aromatic carbocycles. The first-order valence-electron chi connectivity index (χ1n) is 6.68. The molecule has 0 bridgehead atoms. The van der Waals surface area contributed by atoms with E-state index in [2.05, 4.69) is 5.32 Å². The van der Waals surface area contributed by atoms with Crippen LogP contribution in [0.1, 0.15) is 22.7 Å². The van der Waals surface area contributed by atoms with Crippen molar-refractivity contribution < 1.29 is 13.5 Å². The molecule has 0 amide bonds. The Morgan fingerprint density at radius 3 is 2.62 bits per heavy atom. The number of fused-ring (bicyclic) bond motifs is 1. The lowest BCUT2D eigenvalue weighted by atomic mass is 9.95. The molecular formula is C16H14ClF2NO. The quantitative estimate of drug-likeness (QED) is 0.929. The molecule has 2 aromatic rings. The van der Waals surface area contributed by atoms with E-state index in [1.54, 1.807) is 13.1 Å². The van der Waals surface area contributed by atoms with E-state index < -0.39 is 17.7 Å². The minimum Gasteiger partial charge on any atom is -0.493 e. The zero-order valence-electron chi connectivity index (χ0n) is 11.4. The molecule has 0 aromatic heterocycles. The zero-order valence-corrected chi connectivity index (χ0v) is 12.2. The smallest absolute Gasteiger partial charge is 0.131 e. The van der Waals surface area contributed by atoms with Gasteiger partial charge in [-0.3, -0.25) is 0 Å². The van der Waals surface area contributed by atoms with Crippen molar-refractivity contribution in [3.63, 3.8) is 0 Å². The SMILES string of the molecule is CNC(c1cc(Cl)cc2c1OCC2)c1c(F)cccc1F. The van der Waals surface area contributed by atoms with Crippen LogP contribution < -0.4 is 10.1 Å². The second-order valence-electron chi connectivity index (χ2n) is 4.94. The third-order valence-corrected chi connectivity index (χ3v) is 3.88. The molecule has 21 heavy (non-hydrogen) atoms. The first kappa shape index (κ1) is 14.3.